The number of rotatable bonds is 10. The summed E-state index contributed by atoms with van der Waals surface area (Å²) in [7, 11) is 5.14. The second-order valence-electron chi connectivity index (χ2n) is 7.99. The van der Waals surface area contributed by atoms with Crippen LogP contribution in [-0.4, -0.2) is 59.7 Å². The Morgan fingerprint density at radius 2 is 2.03 bits per heavy atom. The van der Waals surface area contributed by atoms with Crippen LogP contribution in [0.3, 0.4) is 0 Å². The lowest BCUT2D eigenvalue weighted by Crippen LogP contribution is -2.39. The Labute approximate surface area is 212 Å². The first-order chi connectivity index (χ1) is 15.4. The highest BCUT2D eigenvalue weighted by atomic mass is 127. The van der Waals surface area contributed by atoms with Crippen molar-refractivity contribution in [1.82, 2.24) is 25.4 Å². The van der Waals surface area contributed by atoms with Crippen LogP contribution in [0.25, 0.3) is 10.9 Å². The topological polar surface area (TPSA) is 109 Å². The minimum atomic E-state index is -1.08. The van der Waals surface area contributed by atoms with Crippen LogP contribution in [0.15, 0.2) is 35.6 Å². The molecule has 9 nitrogen and oxygen atoms in total. The van der Waals surface area contributed by atoms with Crippen LogP contribution in [0.5, 0.6) is 11.5 Å². The van der Waals surface area contributed by atoms with Gasteiger partial charge in [0, 0.05) is 55.1 Å². The quantitative estimate of drug-likeness (QED) is 0.129. The summed E-state index contributed by atoms with van der Waals surface area (Å²) in [6.45, 7) is 5.48. The molecule has 0 aliphatic rings. The molecule has 0 aliphatic carbocycles. The van der Waals surface area contributed by atoms with E-state index in [-0.39, 0.29) is 30.5 Å². The maximum absolute atomic E-state index is 10.7. The smallest absolute Gasteiger partial charge is 0.191 e. The van der Waals surface area contributed by atoms with Crippen LogP contribution >= 0.6 is 24.0 Å². The lowest BCUT2D eigenvalue weighted by atomic mass is 10.0. The van der Waals surface area contributed by atoms with Gasteiger partial charge >= 0.3 is 0 Å². The van der Waals surface area contributed by atoms with Gasteiger partial charge in [0.25, 0.3) is 0 Å². The van der Waals surface area contributed by atoms with Crippen molar-refractivity contribution in [2.45, 2.75) is 32.3 Å². The zero-order chi connectivity index (χ0) is 23.1. The Bertz CT molecular complexity index is 1060. The fraction of sp³-hybridized carbons (Fsp3) is 0.478. The summed E-state index contributed by atoms with van der Waals surface area (Å²) in [6.07, 6.45) is 5.26. The Kier molecular flexibility index (Phi) is 9.84. The second kappa shape index (κ2) is 12.1. The van der Waals surface area contributed by atoms with Crippen molar-refractivity contribution in [3.8, 4) is 11.5 Å². The number of aliphatic imine (C=N–C) groups is 1. The number of guanidine groups is 1. The standard InChI is InChI=1S/C23H34N6O3.HI/c1-6-24-22(26-15-23(2,30)16-13-27-29(3)14-16)25-9-7-8-17-10-19-20(28-17)11-18(31-4)12-21(19)32-5;/h10-14,28,30H,6-9,15H2,1-5H3,(H2,24,25,26);1H. The number of hydrogen-bond donors (Lipinski definition) is 4. The molecule has 0 radical (unpaired) electrons. The fourth-order valence-corrected chi connectivity index (χ4v) is 3.51. The number of ether oxygens (including phenoxy) is 2. The molecule has 2 heterocycles. The third-order valence-corrected chi connectivity index (χ3v) is 5.32. The molecule has 0 spiro atoms. The molecule has 0 saturated heterocycles. The van der Waals surface area contributed by atoms with Gasteiger partial charge in [-0.2, -0.15) is 5.10 Å². The molecular weight excluding hydrogens is 535 g/mol. The summed E-state index contributed by atoms with van der Waals surface area (Å²) < 4.78 is 12.5. The molecule has 2 aromatic heterocycles. The second-order valence-corrected chi connectivity index (χ2v) is 7.99. The molecule has 33 heavy (non-hydrogen) atoms. The number of H-pyrrole nitrogens is 1. The monoisotopic (exact) mass is 570 g/mol. The number of halogens is 1. The van der Waals surface area contributed by atoms with Crippen LogP contribution < -0.4 is 20.1 Å². The van der Waals surface area contributed by atoms with Crippen LogP contribution in [0.1, 0.15) is 31.5 Å². The van der Waals surface area contributed by atoms with Gasteiger partial charge < -0.3 is 30.2 Å². The van der Waals surface area contributed by atoms with Gasteiger partial charge in [0.15, 0.2) is 5.96 Å². The molecule has 1 unspecified atom stereocenters. The number of aryl methyl sites for hydroxylation is 2. The van der Waals surface area contributed by atoms with Crippen molar-refractivity contribution >= 4 is 40.8 Å². The van der Waals surface area contributed by atoms with Gasteiger partial charge in [0.1, 0.15) is 17.1 Å². The largest absolute Gasteiger partial charge is 0.497 e. The van der Waals surface area contributed by atoms with Crippen molar-refractivity contribution in [3.05, 3.63) is 41.9 Å². The third-order valence-electron chi connectivity index (χ3n) is 5.32. The van der Waals surface area contributed by atoms with E-state index in [0.717, 1.165) is 59.6 Å². The summed E-state index contributed by atoms with van der Waals surface area (Å²) in [5, 5.41) is 22.5. The highest BCUT2D eigenvalue weighted by Crippen LogP contribution is 2.31. The number of aromatic nitrogens is 3. The number of methoxy groups -OCH3 is 2. The van der Waals surface area contributed by atoms with Crippen LogP contribution in [0.2, 0.25) is 0 Å². The third kappa shape index (κ3) is 7.00. The minimum Gasteiger partial charge on any atom is -0.497 e. The summed E-state index contributed by atoms with van der Waals surface area (Å²) in [5.74, 6) is 2.24. The van der Waals surface area contributed by atoms with Crippen LogP contribution in [-0.2, 0) is 19.1 Å². The lowest BCUT2D eigenvalue weighted by Gasteiger charge is -2.20. The molecule has 3 rings (SSSR count). The van der Waals surface area contributed by atoms with Gasteiger partial charge in [-0.1, -0.05) is 0 Å². The summed E-state index contributed by atoms with van der Waals surface area (Å²) in [6, 6.07) is 5.99. The van der Waals surface area contributed by atoms with Gasteiger partial charge in [-0.3, -0.25) is 4.68 Å². The first-order valence-electron chi connectivity index (χ1n) is 10.8. The molecule has 0 fully saturated rings. The lowest BCUT2D eigenvalue weighted by molar-refractivity contribution is 0.0672. The average Bonchev–Trinajstić information content (AvgIpc) is 3.40. The van der Waals surface area contributed by atoms with E-state index in [1.54, 1.807) is 38.2 Å². The van der Waals surface area contributed by atoms with Crippen molar-refractivity contribution < 1.29 is 14.6 Å². The first-order valence-corrected chi connectivity index (χ1v) is 10.8. The molecule has 4 N–H and O–H groups in total. The Morgan fingerprint density at radius 1 is 1.24 bits per heavy atom. The molecule has 0 bridgehead atoms. The average molecular weight is 570 g/mol. The van der Waals surface area contributed by atoms with Crippen LogP contribution in [0.4, 0.5) is 0 Å². The summed E-state index contributed by atoms with van der Waals surface area (Å²) in [5.41, 5.74) is 1.79. The van der Waals surface area contributed by atoms with E-state index < -0.39 is 5.60 Å². The van der Waals surface area contributed by atoms with E-state index in [0.29, 0.717) is 5.96 Å². The van der Waals surface area contributed by atoms with Crippen molar-refractivity contribution in [2.24, 2.45) is 12.0 Å². The van der Waals surface area contributed by atoms with Gasteiger partial charge in [-0.15, -0.1) is 24.0 Å². The maximum Gasteiger partial charge on any atom is 0.191 e. The number of benzene rings is 1. The number of fused-ring (bicyclic) bond motifs is 1. The SMILES string of the molecule is CCNC(=NCC(C)(O)c1cnn(C)c1)NCCCc1cc2c(OC)cc(OC)cc2[nH]1.I. The van der Waals surface area contributed by atoms with E-state index >= 15 is 0 Å². The number of hydrogen-bond acceptors (Lipinski definition) is 5. The molecule has 0 amide bonds. The van der Waals surface area contributed by atoms with Crippen molar-refractivity contribution in [1.29, 1.82) is 0 Å². The highest BCUT2D eigenvalue weighted by Gasteiger charge is 2.24. The fourth-order valence-electron chi connectivity index (χ4n) is 3.51. The van der Waals surface area contributed by atoms with Gasteiger partial charge in [-0.25, -0.2) is 4.99 Å². The van der Waals surface area contributed by atoms with Gasteiger partial charge in [-0.05, 0) is 32.8 Å². The number of aliphatic hydroxyl groups is 1. The van der Waals surface area contributed by atoms with Crippen LogP contribution in [0, 0.1) is 0 Å². The number of nitrogens with zero attached hydrogens (tertiary/aromatic N) is 3. The first kappa shape index (κ1) is 26.8. The van der Waals surface area contributed by atoms with E-state index in [1.165, 1.54) is 0 Å². The number of nitrogens with one attached hydrogen (secondary N) is 3. The predicted octanol–water partition coefficient (Wildman–Crippen LogP) is 2.93. The molecule has 0 aliphatic heterocycles. The maximum atomic E-state index is 10.7. The Balaban J connectivity index is 0.00000385. The zero-order valence-electron chi connectivity index (χ0n) is 19.9. The Morgan fingerprint density at radius 3 is 2.67 bits per heavy atom. The minimum absolute atomic E-state index is 0. The van der Waals surface area contributed by atoms with Gasteiger partial charge in [0.05, 0.1) is 32.5 Å². The number of aromatic amines is 1. The van der Waals surface area contributed by atoms with Crippen molar-refractivity contribution in [2.75, 3.05) is 33.9 Å². The normalized spacial score (nSPS) is 13.3. The molecule has 0 saturated carbocycles. The zero-order valence-corrected chi connectivity index (χ0v) is 22.3. The highest BCUT2D eigenvalue weighted by molar-refractivity contribution is 14.0. The molecular formula is C23H35IN6O3. The predicted molar refractivity (Wildman–Crippen MR) is 142 cm³/mol. The van der Waals surface area contributed by atoms with E-state index in [4.69, 9.17) is 9.47 Å². The molecule has 10 heteroatoms. The molecule has 1 aromatic carbocycles. The summed E-state index contributed by atoms with van der Waals surface area (Å²) in [4.78, 5) is 8.01. The van der Waals surface area contributed by atoms with Gasteiger partial charge in [0.2, 0.25) is 0 Å². The van der Waals surface area contributed by atoms with E-state index in [1.807, 2.05) is 26.1 Å². The van der Waals surface area contributed by atoms with E-state index in [2.05, 4.69) is 31.8 Å². The molecule has 182 valence electrons. The summed E-state index contributed by atoms with van der Waals surface area (Å²) >= 11 is 0. The molecule has 3 aromatic rings. The van der Waals surface area contributed by atoms with Crippen molar-refractivity contribution in [3.63, 3.8) is 0 Å². The Hall–Kier alpha value is -2.47. The molecule has 1 atom stereocenters. The van der Waals surface area contributed by atoms with E-state index in [9.17, 15) is 5.11 Å².